The summed E-state index contributed by atoms with van der Waals surface area (Å²) in [5, 5.41) is 14.5. The molecule has 2 aliphatic heterocycles. The number of fused-ring (bicyclic) bond motifs is 3. The van der Waals surface area contributed by atoms with Gasteiger partial charge in [0.1, 0.15) is 11.6 Å². The number of likely N-dealkylation sites (N-methyl/N-ethyl adjacent to an activating group) is 1. The van der Waals surface area contributed by atoms with E-state index in [1.807, 2.05) is 19.0 Å². The number of aromatic nitrogens is 2. The number of nitrogens with zero attached hydrogens (tertiary/aromatic N) is 5. The highest BCUT2D eigenvalue weighted by atomic mass is 35.5. The Morgan fingerprint density at radius 3 is 2.52 bits per heavy atom. The van der Waals surface area contributed by atoms with Gasteiger partial charge in [-0.05, 0) is 69.0 Å². The van der Waals surface area contributed by atoms with Crippen molar-refractivity contribution in [2.45, 2.75) is 19.0 Å². The predicted octanol–water partition coefficient (Wildman–Crippen LogP) is 5.47. The maximum absolute atomic E-state index is 14.8. The molecule has 1 saturated heterocycles. The van der Waals surface area contributed by atoms with Gasteiger partial charge < -0.3 is 15.1 Å². The average molecular weight is 615 g/mol. The lowest BCUT2D eigenvalue weighted by Gasteiger charge is -2.22. The van der Waals surface area contributed by atoms with E-state index in [1.165, 1.54) is 18.2 Å². The highest BCUT2D eigenvalue weighted by Crippen LogP contribution is 2.34. The van der Waals surface area contributed by atoms with Crippen LogP contribution in [0.3, 0.4) is 0 Å². The molecule has 0 saturated carbocycles. The number of hydrogen-bond acceptors (Lipinski definition) is 7. The lowest BCUT2D eigenvalue weighted by molar-refractivity contribution is 0.0972. The summed E-state index contributed by atoms with van der Waals surface area (Å²) >= 11 is 6.31. The molecule has 12 heteroatoms. The molecule has 3 aromatic carbocycles. The third-order valence-electron chi connectivity index (χ3n) is 7.81. The van der Waals surface area contributed by atoms with E-state index in [9.17, 15) is 13.6 Å². The van der Waals surface area contributed by atoms with Crippen molar-refractivity contribution in [2.24, 2.45) is 4.99 Å². The zero-order valence-corrected chi connectivity index (χ0v) is 24.8. The van der Waals surface area contributed by atoms with Gasteiger partial charge in [-0.25, -0.2) is 18.7 Å². The number of carbonyl (C=O) groups excluding carboxylic acids is 1. The van der Waals surface area contributed by atoms with Gasteiger partial charge in [0.05, 0.1) is 23.5 Å². The molecule has 4 aromatic rings. The van der Waals surface area contributed by atoms with Crippen LogP contribution in [0.5, 0.6) is 0 Å². The summed E-state index contributed by atoms with van der Waals surface area (Å²) in [7, 11) is 4.02. The van der Waals surface area contributed by atoms with Crippen LogP contribution in [0.2, 0.25) is 5.02 Å². The summed E-state index contributed by atoms with van der Waals surface area (Å²) in [5.41, 5.74) is 3.26. The Morgan fingerprint density at radius 1 is 1.07 bits per heavy atom. The van der Waals surface area contributed by atoms with Crippen LogP contribution < -0.4 is 10.6 Å². The number of halogens is 3. The third kappa shape index (κ3) is 5.88. The second-order valence-corrected chi connectivity index (χ2v) is 11.3. The van der Waals surface area contributed by atoms with Crippen molar-refractivity contribution < 1.29 is 13.6 Å². The normalized spacial score (nSPS) is 15.7. The monoisotopic (exact) mass is 614 g/mol. The van der Waals surface area contributed by atoms with Crippen molar-refractivity contribution in [1.29, 1.82) is 5.41 Å². The van der Waals surface area contributed by atoms with E-state index in [-0.39, 0.29) is 35.6 Å². The van der Waals surface area contributed by atoms with Crippen LogP contribution in [-0.2, 0) is 6.54 Å². The van der Waals surface area contributed by atoms with Crippen molar-refractivity contribution in [2.75, 3.05) is 32.5 Å². The Kier molecular flexibility index (Phi) is 8.07. The standard InChI is InChI=1S/C32H29ClF2N8O/c1-42(2)22-12-13-43(17-22)31(36)41-30(44)18-6-9-21(10-7-18)39-32-38-16-19-15-37-29(27-25(34)4-3-5-26(27)35)24-14-20(33)8-11-23(24)28(19)40-32/h3-11,14,16,22H,12-13,15,17H2,1-2H3,(H2,36,41,44)(H,38,39,40). The van der Waals surface area contributed by atoms with Gasteiger partial charge in [0.15, 0.2) is 5.96 Å². The molecule has 0 spiro atoms. The molecule has 0 aliphatic carbocycles. The second-order valence-electron chi connectivity index (χ2n) is 10.9. The Balaban J connectivity index is 1.21. The summed E-state index contributed by atoms with van der Waals surface area (Å²) in [6.45, 7) is 1.52. The number of likely N-dealkylation sites (tertiary alicyclic amines) is 1. The fourth-order valence-electron chi connectivity index (χ4n) is 5.38. The Hall–Kier alpha value is -4.74. The van der Waals surface area contributed by atoms with Gasteiger partial charge in [-0.3, -0.25) is 20.5 Å². The van der Waals surface area contributed by atoms with Crippen LogP contribution in [0.4, 0.5) is 20.4 Å². The molecular weight excluding hydrogens is 586 g/mol. The minimum absolute atomic E-state index is 0.0892. The average Bonchev–Trinajstić information content (AvgIpc) is 3.45. The summed E-state index contributed by atoms with van der Waals surface area (Å²) in [6, 6.07) is 15.9. The van der Waals surface area contributed by atoms with Gasteiger partial charge in [-0.1, -0.05) is 23.7 Å². The van der Waals surface area contributed by atoms with Crippen LogP contribution in [-0.4, -0.2) is 70.6 Å². The minimum Gasteiger partial charge on any atom is -0.341 e. The van der Waals surface area contributed by atoms with Crippen LogP contribution in [0.15, 0.2) is 71.9 Å². The van der Waals surface area contributed by atoms with Gasteiger partial charge in [0.2, 0.25) is 5.95 Å². The maximum Gasteiger partial charge on any atom is 0.257 e. The Morgan fingerprint density at radius 2 is 1.82 bits per heavy atom. The molecule has 1 amide bonds. The number of nitrogens with one attached hydrogen (secondary N) is 3. The third-order valence-corrected chi connectivity index (χ3v) is 8.04. The number of anilines is 2. The van der Waals surface area contributed by atoms with E-state index in [4.69, 9.17) is 22.0 Å². The highest BCUT2D eigenvalue weighted by Gasteiger charge is 2.27. The number of carbonyl (C=O) groups is 1. The van der Waals surface area contributed by atoms with Crippen LogP contribution >= 0.6 is 11.6 Å². The summed E-state index contributed by atoms with van der Waals surface area (Å²) in [5.74, 6) is -1.44. The highest BCUT2D eigenvalue weighted by molar-refractivity contribution is 6.31. The van der Waals surface area contributed by atoms with Gasteiger partial charge in [0, 0.05) is 58.3 Å². The molecule has 9 nitrogen and oxygen atoms in total. The van der Waals surface area contributed by atoms with Crippen molar-refractivity contribution >= 4 is 40.8 Å². The van der Waals surface area contributed by atoms with Gasteiger partial charge in [-0.15, -0.1) is 0 Å². The van der Waals surface area contributed by atoms with Crippen LogP contribution in [0.25, 0.3) is 11.3 Å². The number of guanidine groups is 1. The fraction of sp³-hybridized carbons (Fsp3) is 0.219. The van der Waals surface area contributed by atoms with E-state index in [0.29, 0.717) is 51.2 Å². The van der Waals surface area contributed by atoms with E-state index < -0.39 is 11.6 Å². The number of hydrogen-bond donors (Lipinski definition) is 3. The molecule has 1 fully saturated rings. The van der Waals surface area contributed by atoms with E-state index in [0.717, 1.165) is 13.0 Å². The lowest BCUT2D eigenvalue weighted by Crippen LogP contribution is -2.43. The largest absolute Gasteiger partial charge is 0.341 e. The Labute approximate surface area is 258 Å². The van der Waals surface area contributed by atoms with Crippen molar-refractivity contribution in [3.8, 4) is 11.3 Å². The topological polar surface area (TPSA) is 110 Å². The SMILES string of the molecule is CN(C)C1CCN(C(=N)NC(=O)c2ccc(Nc3ncc4c(n3)-c3ccc(Cl)cc3C(c3c(F)cccc3F)=NC4)cc2)C1. The summed E-state index contributed by atoms with van der Waals surface area (Å²) in [4.78, 5) is 30.5. The van der Waals surface area contributed by atoms with Gasteiger partial charge >= 0.3 is 0 Å². The summed E-state index contributed by atoms with van der Waals surface area (Å²) < 4.78 is 29.6. The number of rotatable bonds is 5. The van der Waals surface area contributed by atoms with Crippen molar-refractivity contribution in [3.05, 3.63) is 106 Å². The quantitative estimate of drug-likeness (QED) is 0.203. The molecule has 6 rings (SSSR count). The van der Waals surface area contributed by atoms with Crippen LogP contribution in [0.1, 0.15) is 33.5 Å². The Bertz CT molecular complexity index is 1770. The fourth-order valence-corrected chi connectivity index (χ4v) is 5.55. The number of amides is 1. The van der Waals surface area contributed by atoms with Gasteiger partial charge in [-0.2, -0.15) is 0 Å². The zero-order valence-electron chi connectivity index (χ0n) is 24.0. The predicted molar refractivity (Wildman–Crippen MR) is 167 cm³/mol. The van der Waals surface area contributed by atoms with Crippen molar-refractivity contribution in [1.82, 2.24) is 25.1 Å². The number of aliphatic imine (C=N–C) groups is 1. The minimum atomic E-state index is -0.725. The van der Waals surface area contributed by atoms with E-state index >= 15 is 0 Å². The maximum atomic E-state index is 14.8. The molecule has 0 bridgehead atoms. The van der Waals surface area contributed by atoms with E-state index in [2.05, 4.69) is 25.5 Å². The lowest BCUT2D eigenvalue weighted by atomic mass is 9.95. The first kappa shape index (κ1) is 29.3. The molecule has 44 heavy (non-hydrogen) atoms. The first-order chi connectivity index (χ1) is 21.2. The first-order valence-corrected chi connectivity index (χ1v) is 14.4. The zero-order chi connectivity index (χ0) is 31.0. The molecular formula is C32H29ClF2N8O. The molecule has 224 valence electrons. The number of benzene rings is 3. The molecule has 3 heterocycles. The first-order valence-electron chi connectivity index (χ1n) is 14.0. The van der Waals surface area contributed by atoms with Crippen LogP contribution in [0, 0.1) is 17.0 Å². The van der Waals surface area contributed by atoms with Gasteiger partial charge in [0.25, 0.3) is 5.91 Å². The van der Waals surface area contributed by atoms with Crippen molar-refractivity contribution in [3.63, 3.8) is 0 Å². The molecule has 1 unspecified atom stereocenters. The van der Waals surface area contributed by atoms with E-state index in [1.54, 1.807) is 48.7 Å². The molecule has 0 radical (unpaired) electrons. The summed E-state index contributed by atoms with van der Waals surface area (Å²) in [6.07, 6.45) is 2.56. The molecule has 1 atom stereocenters. The smallest absolute Gasteiger partial charge is 0.257 e. The molecule has 2 aliphatic rings. The molecule has 1 aromatic heterocycles. The molecule has 3 N–H and O–H groups in total. The second kappa shape index (κ2) is 12.1.